The van der Waals surface area contributed by atoms with Gasteiger partial charge in [0.2, 0.25) is 0 Å². The van der Waals surface area contributed by atoms with Crippen molar-refractivity contribution in [2.75, 3.05) is 31.6 Å². The van der Waals surface area contributed by atoms with Crippen molar-refractivity contribution in [1.29, 1.82) is 0 Å². The van der Waals surface area contributed by atoms with E-state index >= 15 is 0 Å². The average Bonchev–Trinajstić information content (AvgIpc) is 2.38. The Hall–Kier alpha value is -1.76. The van der Waals surface area contributed by atoms with E-state index < -0.39 is 18.9 Å². The SMILES string of the molecule is CCNc1ccc(C(=O)N(CCO)CC(F)F)nc1. The maximum absolute atomic E-state index is 12.3. The monoisotopic (exact) mass is 273 g/mol. The fourth-order valence-corrected chi connectivity index (χ4v) is 1.55. The second-order valence-electron chi connectivity index (χ2n) is 3.83. The number of hydrogen-bond acceptors (Lipinski definition) is 4. The molecule has 0 radical (unpaired) electrons. The number of alkyl halides is 2. The van der Waals surface area contributed by atoms with Crippen molar-refractivity contribution in [1.82, 2.24) is 9.88 Å². The fourth-order valence-electron chi connectivity index (χ4n) is 1.55. The van der Waals surface area contributed by atoms with Crippen LogP contribution < -0.4 is 5.32 Å². The molecule has 1 heterocycles. The molecule has 0 saturated heterocycles. The number of nitrogens with zero attached hydrogens (tertiary/aromatic N) is 2. The lowest BCUT2D eigenvalue weighted by atomic mass is 10.3. The Labute approximate surface area is 110 Å². The minimum absolute atomic E-state index is 0.0794. The molecule has 0 fully saturated rings. The summed E-state index contributed by atoms with van der Waals surface area (Å²) in [5.74, 6) is -0.614. The van der Waals surface area contributed by atoms with Crippen LogP contribution in [0.5, 0.6) is 0 Å². The third-order valence-corrected chi connectivity index (χ3v) is 2.38. The van der Waals surface area contributed by atoms with Crippen LogP contribution in [0.4, 0.5) is 14.5 Å². The van der Waals surface area contributed by atoms with E-state index in [1.54, 1.807) is 6.07 Å². The van der Waals surface area contributed by atoms with Crippen molar-refractivity contribution >= 4 is 11.6 Å². The fraction of sp³-hybridized carbons (Fsp3) is 0.500. The third-order valence-electron chi connectivity index (χ3n) is 2.38. The van der Waals surface area contributed by atoms with Gasteiger partial charge < -0.3 is 15.3 Å². The molecule has 1 aromatic rings. The molecule has 7 heteroatoms. The zero-order chi connectivity index (χ0) is 14.3. The summed E-state index contributed by atoms with van der Waals surface area (Å²) < 4.78 is 24.7. The molecule has 0 unspecified atom stereocenters. The van der Waals surface area contributed by atoms with Crippen LogP contribution in [0.15, 0.2) is 18.3 Å². The zero-order valence-electron chi connectivity index (χ0n) is 10.6. The van der Waals surface area contributed by atoms with Gasteiger partial charge in [-0.05, 0) is 19.1 Å². The summed E-state index contributed by atoms with van der Waals surface area (Å²) in [5.41, 5.74) is 0.831. The van der Waals surface area contributed by atoms with Crippen LogP contribution in [-0.2, 0) is 0 Å². The number of nitrogens with one attached hydrogen (secondary N) is 1. The van der Waals surface area contributed by atoms with Gasteiger partial charge in [0.25, 0.3) is 12.3 Å². The topological polar surface area (TPSA) is 65.5 Å². The first-order chi connectivity index (χ1) is 9.08. The van der Waals surface area contributed by atoms with Gasteiger partial charge in [-0.25, -0.2) is 13.8 Å². The highest BCUT2D eigenvalue weighted by atomic mass is 19.3. The van der Waals surface area contributed by atoms with E-state index in [2.05, 4.69) is 10.3 Å². The summed E-state index contributed by atoms with van der Waals surface area (Å²) in [6, 6.07) is 3.12. The molecule has 0 aliphatic heterocycles. The molecule has 5 nitrogen and oxygen atoms in total. The zero-order valence-corrected chi connectivity index (χ0v) is 10.6. The van der Waals surface area contributed by atoms with Gasteiger partial charge in [0.05, 0.1) is 25.0 Å². The van der Waals surface area contributed by atoms with Gasteiger partial charge in [-0.2, -0.15) is 0 Å². The van der Waals surface area contributed by atoms with E-state index in [0.29, 0.717) is 0 Å². The van der Waals surface area contributed by atoms with Crippen LogP contribution in [0.2, 0.25) is 0 Å². The maximum atomic E-state index is 12.3. The van der Waals surface area contributed by atoms with Crippen LogP contribution in [0.1, 0.15) is 17.4 Å². The molecule has 1 rings (SSSR count). The summed E-state index contributed by atoms with van der Waals surface area (Å²) in [5, 5.41) is 11.8. The first kappa shape index (κ1) is 15.3. The van der Waals surface area contributed by atoms with Crippen LogP contribution in [0, 0.1) is 0 Å². The average molecular weight is 273 g/mol. The van der Waals surface area contributed by atoms with Gasteiger partial charge in [0, 0.05) is 13.1 Å². The molecule has 106 valence electrons. The van der Waals surface area contributed by atoms with Gasteiger partial charge in [0.1, 0.15) is 5.69 Å². The van der Waals surface area contributed by atoms with Crippen molar-refractivity contribution in [2.24, 2.45) is 0 Å². The summed E-state index contributed by atoms with van der Waals surface area (Å²) in [6.45, 7) is 1.42. The molecule has 0 aromatic carbocycles. The van der Waals surface area contributed by atoms with Gasteiger partial charge in [0.15, 0.2) is 0 Å². The summed E-state index contributed by atoms with van der Waals surface area (Å²) >= 11 is 0. The highest BCUT2D eigenvalue weighted by Gasteiger charge is 2.20. The molecule has 0 bridgehead atoms. The molecular formula is C12H17F2N3O2. The first-order valence-electron chi connectivity index (χ1n) is 5.96. The Kier molecular flexibility index (Phi) is 6.14. The lowest BCUT2D eigenvalue weighted by Crippen LogP contribution is -2.37. The number of carbonyl (C=O) groups is 1. The maximum Gasteiger partial charge on any atom is 0.272 e. The Bertz CT molecular complexity index is 398. The number of aliphatic hydroxyl groups excluding tert-OH is 1. The quantitative estimate of drug-likeness (QED) is 0.784. The molecule has 2 N–H and O–H groups in total. The van der Waals surface area contributed by atoms with E-state index in [4.69, 9.17) is 5.11 Å². The van der Waals surface area contributed by atoms with Crippen molar-refractivity contribution in [2.45, 2.75) is 13.3 Å². The van der Waals surface area contributed by atoms with Crippen molar-refractivity contribution in [3.05, 3.63) is 24.0 Å². The number of pyridine rings is 1. The molecular weight excluding hydrogens is 256 g/mol. The normalized spacial score (nSPS) is 10.6. The van der Waals surface area contributed by atoms with Crippen LogP contribution in [-0.4, -0.2) is 53.6 Å². The highest BCUT2D eigenvalue weighted by molar-refractivity contribution is 5.92. The molecule has 0 saturated carbocycles. The summed E-state index contributed by atoms with van der Waals surface area (Å²) in [6.07, 6.45) is -1.17. The number of amides is 1. The third kappa shape index (κ3) is 4.78. The minimum Gasteiger partial charge on any atom is -0.395 e. The Morgan fingerprint density at radius 2 is 2.26 bits per heavy atom. The molecule has 1 aromatic heterocycles. The molecule has 0 aliphatic rings. The number of carbonyl (C=O) groups excluding carboxylic acids is 1. The van der Waals surface area contributed by atoms with E-state index in [1.165, 1.54) is 12.3 Å². The molecule has 0 aliphatic carbocycles. The molecule has 1 amide bonds. The Morgan fingerprint density at radius 1 is 1.53 bits per heavy atom. The lowest BCUT2D eigenvalue weighted by Gasteiger charge is -2.20. The first-order valence-corrected chi connectivity index (χ1v) is 5.96. The van der Waals surface area contributed by atoms with Crippen molar-refractivity contribution in [3.8, 4) is 0 Å². The predicted molar refractivity (Wildman–Crippen MR) is 67.4 cm³/mol. The van der Waals surface area contributed by atoms with E-state index in [0.717, 1.165) is 17.1 Å². The van der Waals surface area contributed by atoms with E-state index in [9.17, 15) is 13.6 Å². The minimum atomic E-state index is -2.64. The molecule has 0 atom stereocenters. The molecule has 19 heavy (non-hydrogen) atoms. The van der Waals surface area contributed by atoms with Crippen LogP contribution in [0.25, 0.3) is 0 Å². The van der Waals surface area contributed by atoms with Crippen molar-refractivity contribution in [3.63, 3.8) is 0 Å². The van der Waals surface area contributed by atoms with Crippen LogP contribution >= 0.6 is 0 Å². The van der Waals surface area contributed by atoms with E-state index in [-0.39, 0.29) is 18.8 Å². The largest absolute Gasteiger partial charge is 0.395 e. The summed E-state index contributed by atoms with van der Waals surface area (Å²) in [4.78, 5) is 16.8. The number of hydrogen-bond donors (Lipinski definition) is 2. The second kappa shape index (κ2) is 7.63. The van der Waals surface area contributed by atoms with Gasteiger partial charge >= 0.3 is 0 Å². The lowest BCUT2D eigenvalue weighted by molar-refractivity contribution is 0.0504. The van der Waals surface area contributed by atoms with Gasteiger partial charge in [-0.3, -0.25) is 4.79 Å². The standard InChI is InChI=1S/C12H17F2N3O2/c1-2-15-9-3-4-10(16-7-9)12(19)17(5-6-18)8-11(13)14/h3-4,7,11,15,18H,2,5-6,8H2,1H3. The summed E-state index contributed by atoms with van der Waals surface area (Å²) in [7, 11) is 0. The highest BCUT2D eigenvalue weighted by Crippen LogP contribution is 2.09. The second-order valence-corrected chi connectivity index (χ2v) is 3.83. The van der Waals surface area contributed by atoms with Gasteiger partial charge in [-0.15, -0.1) is 0 Å². The number of aromatic nitrogens is 1. The predicted octanol–water partition coefficient (Wildman–Crippen LogP) is 1.21. The Balaban J connectivity index is 2.77. The molecule has 0 spiro atoms. The Morgan fingerprint density at radius 3 is 2.74 bits per heavy atom. The van der Waals surface area contributed by atoms with E-state index in [1.807, 2.05) is 6.92 Å². The number of halogens is 2. The van der Waals surface area contributed by atoms with Crippen LogP contribution in [0.3, 0.4) is 0 Å². The number of anilines is 1. The number of aliphatic hydroxyl groups is 1. The van der Waals surface area contributed by atoms with Gasteiger partial charge in [-0.1, -0.05) is 0 Å². The number of rotatable bonds is 7. The smallest absolute Gasteiger partial charge is 0.272 e. The van der Waals surface area contributed by atoms with Crippen molar-refractivity contribution < 1.29 is 18.7 Å².